The van der Waals surface area contributed by atoms with Gasteiger partial charge in [0.15, 0.2) is 0 Å². The molecule has 0 atom stereocenters. The molecule has 24 heavy (non-hydrogen) atoms. The molecule has 1 heterocycles. The molecule has 2 aromatic rings. The van der Waals surface area contributed by atoms with Gasteiger partial charge in [-0.1, -0.05) is 6.07 Å². The number of hydrogen-bond donors (Lipinski definition) is 1. The first-order valence-electron chi connectivity index (χ1n) is 7.21. The number of ether oxygens (including phenoxy) is 2. The third-order valence-electron chi connectivity index (χ3n) is 3.39. The van der Waals surface area contributed by atoms with Crippen molar-refractivity contribution in [3.05, 3.63) is 42.1 Å². The van der Waals surface area contributed by atoms with Crippen LogP contribution in [0.15, 0.2) is 41.4 Å². The van der Waals surface area contributed by atoms with E-state index in [1.165, 1.54) is 20.3 Å². The van der Waals surface area contributed by atoms with Crippen LogP contribution < -0.4 is 19.1 Å². The van der Waals surface area contributed by atoms with Gasteiger partial charge in [0, 0.05) is 32.9 Å². The zero-order valence-electron chi connectivity index (χ0n) is 14.1. The number of nitrogens with zero attached hydrogens (tertiary/aromatic N) is 2. The number of benzene rings is 1. The molecule has 0 saturated heterocycles. The largest absolute Gasteiger partial charge is 0.497 e. The first kappa shape index (κ1) is 18.0. The zero-order chi connectivity index (χ0) is 17.7. The summed E-state index contributed by atoms with van der Waals surface area (Å²) in [7, 11) is 2.92. The van der Waals surface area contributed by atoms with Crippen molar-refractivity contribution < 1.29 is 17.9 Å². The maximum Gasteiger partial charge on any atom is 0.244 e. The number of nitrogens with one attached hydrogen (secondary N) is 1. The predicted octanol–water partition coefficient (Wildman–Crippen LogP) is 1.64. The topological polar surface area (TPSA) is 80.8 Å². The van der Waals surface area contributed by atoms with Gasteiger partial charge in [0.05, 0.1) is 14.2 Å². The summed E-state index contributed by atoms with van der Waals surface area (Å²) in [5, 5.41) is 0. The van der Waals surface area contributed by atoms with Gasteiger partial charge in [-0.2, -0.15) is 0 Å². The van der Waals surface area contributed by atoms with Crippen LogP contribution in [0.5, 0.6) is 11.5 Å². The minimum atomic E-state index is -3.75. The quantitative estimate of drug-likeness (QED) is 0.817. The maximum atomic E-state index is 12.6. The molecule has 2 rings (SSSR count). The highest BCUT2D eigenvalue weighted by Crippen LogP contribution is 2.28. The normalized spacial score (nSPS) is 11.2. The average molecular weight is 351 g/mol. The van der Waals surface area contributed by atoms with Gasteiger partial charge < -0.3 is 14.4 Å². The number of rotatable bonds is 7. The average Bonchev–Trinajstić information content (AvgIpc) is 2.59. The molecule has 0 saturated carbocycles. The minimum absolute atomic E-state index is 0.0298. The lowest BCUT2D eigenvalue weighted by molar-refractivity contribution is 0.392. The fourth-order valence-electron chi connectivity index (χ4n) is 2.04. The Morgan fingerprint density at radius 2 is 1.88 bits per heavy atom. The van der Waals surface area contributed by atoms with Crippen molar-refractivity contribution in [1.82, 2.24) is 9.71 Å². The number of hydrogen-bond acceptors (Lipinski definition) is 6. The van der Waals surface area contributed by atoms with Crippen molar-refractivity contribution >= 4 is 15.8 Å². The summed E-state index contributed by atoms with van der Waals surface area (Å²) in [6, 6.07) is 8.28. The van der Waals surface area contributed by atoms with E-state index >= 15 is 0 Å². The van der Waals surface area contributed by atoms with E-state index in [9.17, 15) is 8.42 Å². The predicted molar refractivity (Wildman–Crippen MR) is 92.1 cm³/mol. The molecule has 0 amide bonds. The molecule has 0 unspecified atom stereocenters. The van der Waals surface area contributed by atoms with Gasteiger partial charge in [-0.15, -0.1) is 0 Å². The second kappa shape index (κ2) is 7.50. The maximum absolute atomic E-state index is 12.6. The molecular formula is C16H21N3O4S. The van der Waals surface area contributed by atoms with Crippen molar-refractivity contribution in [1.29, 1.82) is 0 Å². The third kappa shape index (κ3) is 4.15. The Bertz CT molecular complexity index is 789. The molecule has 130 valence electrons. The number of sulfonamides is 1. The van der Waals surface area contributed by atoms with Gasteiger partial charge in [0.25, 0.3) is 0 Å². The highest BCUT2D eigenvalue weighted by atomic mass is 32.2. The van der Waals surface area contributed by atoms with Crippen LogP contribution >= 0.6 is 0 Å². The van der Waals surface area contributed by atoms with E-state index in [1.54, 1.807) is 18.3 Å². The SMILES string of the molecule is COc1ccc(OC)c(S(=O)(=O)NCc2ccc(N(C)C)nc2)c1. The van der Waals surface area contributed by atoms with E-state index in [1.807, 2.05) is 31.1 Å². The molecule has 1 N–H and O–H groups in total. The fraction of sp³-hybridized carbons (Fsp3) is 0.312. The summed E-state index contributed by atoms with van der Waals surface area (Å²) in [5.74, 6) is 1.49. The van der Waals surface area contributed by atoms with E-state index in [0.717, 1.165) is 11.4 Å². The van der Waals surface area contributed by atoms with E-state index < -0.39 is 10.0 Å². The van der Waals surface area contributed by atoms with Crippen molar-refractivity contribution in [3.8, 4) is 11.5 Å². The number of methoxy groups -OCH3 is 2. The zero-order valence-corrected chi connectivity index (χ0v) is 14.9. The lowest BCUT2D eigenvalue weighted by Gasteiger charge is -2.13. The Kier molecular flexibility index (Phi) is 5.63. The van der Waals surface area contributed by atoms with Crippen LogP contribution in [0.2, 0.25) is 0 Å². The van der Waals surface area contributed by atoms with Gasteiger partial charge in [-0.05, 0) is 23.8 Å². The summed E-state index contributed by atoms with van der Waals surface area (Å²) in [6.07, 6.45) is 1.64. The first-order chi connectivity index (χ1) is 11.4. The van der Waals surface area contributed by atoms with Crippen LogP contribution in [-0.4, -0.2) is 41.7 Å². The minimum Gasteiger partial charge on any atom is -0.497 e. The lowest BCUT2D eigenvalue weighted by Crippen LogP contribution is -2.24. The van der Waals surface area contributed by atoms with Crippen LogP contribution in [-0.2, 0) is 16.6 Å². The van der Waals surface area contributed by atoms with E-state index in [4.69, 9.17) is 9.47 Å². The van der Waals surface area contributed by atoms with Crippen molar-refractivity contribution in [3.63, 3.8) is 0 Å². The third-order valence-corrected chi connectivity index (χ3v) is 4.82. The monoisotopic (exact) mass is 351 g/mol. The summed E-state index contributed by atoms with van der Waals surface area (Å²) in [4.78, 5) is 6.16. The molecule has 0 spiro atoms. The molecule has 0 radical (unpaired) electrons. The molecule has 0 aliphatic heterocycles. The highest BCUT2D eigenvalue weighted by molar-refractivity contribution is 7.89. The molecule has 1 aromatic carbocycles. The van der Waals surface area contributed by atoms with Crippen LogP contribution in [0.3, 0.4) is 0 Å². The van der Waals surface area contributed by atoms with E-state index in [2.05, 4.69) is 9.71 Å². The Labute approximate surface area is 142 Å². The second-order valence-corrected chi connectivity index (χ2v) is 7.00. The molecule has 8 heteroatoms. The number of pyridine rings is 1. The van der Waals surface area contributed by atoms with E-state index in [0.29, 0.717) is 5.75 Å². The van der Waals surface area contributed by atoms with Gasteiger partial charge in [0.1, 0.15) is 22.2 Å². The molecule has 1 aromatic heterocycles. The summed E-state index contributed by atoms with van der Waals surface area (Å²) >= 11 is 0. The van der Waals surface area contributed by atoms with Crippen LogP contribution in [0.4, 0.5) is 5.82 Å². The van der Waals surface area contributed by atoms with Crippen molar-refractivity contribution in [2.24, 2.45) is 0 Å². The Balaban J connectivity index is 2.19. The van der Waals surface area contributed by atoms with Gasteiger partial charge in [-0.3, -0.25) is 0 Å². The number of anilines is 1. The molecule has 7 nitrogen and oxygen atoms in total. The molecule has 0 fully saturated rings. The van der Waals surface area contributed by atoms with E-state index in [-0.39, 0.29) is 17.2 Å². The molecular weight excluding hydrogens is 330 g/mol. The van der Waals surface area contributed by atoms with Crippen molar-refractivity contribution in [2.45, 2.75) is 11.4 Å². The summed E-state index contributed by atoms with van der Waals surface area (Å²) < 4.78 is 37.9. The Hall–Kier alpha value is -2.32. The molecule has 0 aliphatic rings. The Morgan fingerprint density at radius 1 is 1.12 bits per heavy atom. The molecule has 0 bridgehead atoms. The van der Waals surface area contributed by atoms with Crippen LogP contribution in [0.25, 0.3) is 0 Å². The van der Waals surface area contributed by atoms with Crippen LogP contribution in [0.1, 0.15) is 5.56 Å². The summed E-state index contributed by atoms with van der Waals surface area (Å²) in [5.41, 5.74) is 0.756. The second-order valence-electron chi connectivity index (χ2n) is 5.26. The van der Waals surface area contributed by atoms with Crippen molar-refractivity contribution in [2.75, 3.05) is 33.2 Å². The van der Waals surface area contributed by atoms with Gasteiger partial charge in [0.2, 0.25) is 10.0 Å². The van der Waals surface area contributed by atoms with Gasteiger partial charge >= 0.3 is 0 Å². The lowest BCUT2D eigenvalue weighted by atomic mass is 10.3. The number of aromatic nitrogens is 1. The summed E-state index contributed by atoms with van der Waals surface area (Å²) in [6.45, 7) is 0.128. The Morgan fingerprint density at radius 3 is 2.42 bits per heavy atom. The smallest absolute Gasteiger partial charge is 0.244 e. The van der Waals surface area contributed by atoms with Crippen LogP contribution in [0, 0.1) is 0 Å². The first-order valence-corrected chi connectivity index (χ1v) is 8.69. The highest BCUT2D eigenvalue weighted by Gasteiger charge is 2.20. The fourth-order valence-corrected chi connectivity index (χ4v) is 3.24. The van der Waals surface area contributed by atoms with Gasteiger partial charge in [-0.25, -0.2) is 18.1 Å². The molecule has 0 aliphatic carbocycles. The standard InChI is InChI=1S/C16H21N3O4S/c1-19(2)16-8-5-12(10-17-16)11-18-24(20,21)15-9-13(22-3)6-7-14(15)23-4/h5-10,18H,11H2,1-4H3.